The molecule has 6 atom stereocenters. The molecule has 2 aliphatic rings. The number of ether oxygens (including phenoxy) is 4. The summed E-state index contributed by atoms with van der Waals surface area (Å²) in [7, 11) is 0. The van der Waals surface area contributed by atoms with Crippen molar-refractivity contribution in [2.45, 2.75) is 37.0 Å². The van der Waals surface area contributed by atoms with Gasteiger partial charge in [-0.05, 0) is 23.3 Å². The monoisotopic (exact) mass is 420 g/mol. The maximum atomic E-state index is 10.7. The number of hydrogen-bond acceptors (Lipinski definition) is 6. The third-order valence-electron chi connectivity index (χ3n) is 5.62. The minimum Gasteiger partial charge on any atom is -0.462 e. The van der Waals surface area contributed by atoms with Crippen LogP contribution < -0.4 is 4.74 Å². The van der Waals surface area contributed by atoms with Crippen molar-refractivity contribution in [3.8, 4) is 16.9 Å². The highest BCUT2D eigenvalue weighted by atomic mass is 16.8. The first kappa shape index (κ1) is 20.2. The molecule has 2 saturated heterocycles. The molecule has 6 nitrogen and oxygen atoms in total. The predicted molar refractivity (Wildman–Crippen MR) is 113 cm³/mol. The average molecular weight is 420 g/mol. The molecule has 0 bridgehead atoms. The Kier molecular flexibility index (Phi) is 5.72. The molecule has 0 aromatic heterocycles. The Morgan fingerprint density at radius 3 is 2.06 bits per heavy atom. The smallest absolute Gasteiger partial charge is 0.229 e. The topological polar surface area (TPSA) is 77.4 Å². The van der Waals surface area contributed by atoms with Crippen LogP contribution in [0.2, 0.25) is 0 Å². The standard InChI is InChI=1S/C25H24O6/c26-21-22(27)25(29-19-13-11-17(12-14-19)16-7-3-1-4-8-16)30-20-15-28-24(31-23(20)21)18-9-5-2-6-10-18/h1-14,20-27H,15H2. The molecule has 0 amide bonds. The number of hydrogen-bond donors (Lipinski definition) is 2. The van der Waals surface area contributed by atoms with Crippen molar-refractivity contribution in [3.63, 3.8) is 0 Å². The van der Waals surface area contributed by atoms with Crippen molar-refractivity contribution >= 4 is 0 Å². The van der Waals surface area contributed by atoms with E-state index in [0.29, 0.717) is 5.75 Å². The summed E-state index contributed by atoms with van der Waals surface area (Å²) in [6.07, 6.45) is -5.33. The molecule has 2 fully saturated rings. The van der Waals surface area contributed by atoms with Gasteiger partial charge in [-0.3, -0.25) is 0 Å². The van der Waals surface area contributed by atoms with E-state index >= 15 is 0 Å². The van der Waals surface area contributed by atoms with Gasteiger partial charge in [0.15, 0.2) is 6.29 Å². The van der Waals surface area contributed by atoms with E-state index < -0.39 is 37.0 Å². The van der Waals surface area contributed by atoms with Gasteiger partial charge in [0.25, 0.3) is 0 Å². The van der Waals surface area contributed by atoms with Gasteiger partial charge in [-0.2, -0.15) is 0 Å². The van der Waals surface area contributed by atoms with E-state index in [-0.39, 0.29) is 6.61 Å². The lowest BCUT2D eigenvalue weighted by Crippen LogP contribution is -2.62. The molecule has 6 unspecified atom stereocenters. The average Bonchev–Trinajstić information content (AvgIpc) is 2.84. The zero-order valence-electron chi connectivity index (χ0n) is 16.8. The van der Waals surface area contributed by atoms with Crippen molar-refractivity contribution in [1.29, 1.82) is 0 Å². The van der Waals surface area contributed by atoms with Crippen LogP contribution in [0.25, 0.3) is 11.1 Å². The molecule has 160 valence electrons. The van der Waals surface area contributed by atoms with Gasteiger partial charge in [-0.15, -0.1) is 0 Å². The Balaban J connectivity index is 1.25. The lowest BCUT2D eigenvalue weighted by Gasteiger charge is -2.46. The van der Waals surface area contributed by atoms with E-state index in [0.717, 1.165) is 16.7 Å². The summed E-state index contributed by atoms with van der Waals surface area (Å²) >= 11 is 0. The molecular formula is C25H24O6. The number of benzene rings is 3. The van der Waals surface area contributed by atoms with E-state index in [2.05, 4.69) is 0 Å². The van der Waals surface area contributed by atoms with Crippen LogP contribution in [0.1, 0.15) is 11.9 Å². The van der Waals surface area contributed by atoms with Gasteiger partial charge in [0.05, 0.1) is 6.61 Å². The van der Waals surface area contributed by atoms with Crippen LogP contribution in [-0.2, 0) is 14.2 Å². The summed E-state index contributed by atoms with van der Waals surface area (Å²) < 4.78 is 23.4. The fourth-order valence-corrected chi connectivity index (χ4v) is 3.95. The summed E-state index contributed by atoms with van der Waals surface area (Å²) in [5.41, 5.74) is 3.00. The maximum absolute atomic E-state index is 10.7. The largest absolute Gasteiger partial charge is 0.462 e. The lowest BCUT2D eigenvalue weighted by molar-refractivity contribution is -0.350. The van der Waals surface area contributed by atoms with Crippen LogP contribution >= 0.6 is 0 Å². The SMILES string of the molecule is OC1C(Oc2ccc(-c3ccccc3)cc2)OC2COC(c3ccccc3)OC2C1O. The molecule has 5 rings (SSSR count). The Morgan fingerprint density at radius 2 is 1.35 bits per heavy atom. The fourth-order valence-electron chi connectivity index (χ4n) is 3.95. The highest BCUT2D eigenvalue weighted by Crippen LogP contribution is 2.35. The van der Waals surface area contributed by atoms with Gasteiger partial charge >= 0.3 is 0 Å². The Morgan fingerprint density at radius 1 is 0.710 bits per heavy atom. The first-order chi connectivity index (χ1) is 15.2. The van der Waals surface area contributed by atoms with Gasteiger partial charge in [0.2, 0.25) is 6.29 Å². The number of aliphatic hydroxyl groups is 2. The molecular weight excluding hydrogens is 396 g/mol. The van der Waals surface area contributed by atoms with Crippen LogP contribution in [0.5, 0.6) is 5.75 Å². The van der Waals surface area contributed by atoms with Crippen LogP contribution in [0.15, 0.2) is 84.9 Å². The molecule has 31 heavy (non-hydrogen) atoms. The van der Waals surface area contributed by atoms with Gasteiger partial charge in [0.1, 0.15) is 30.2 Å². The highest BCUT2D eigenvalue weighted by molar-refractivity contribution is 5.63. The summed E-state index contributed by atoms with van der Waals surface area (Å²) in [5, 5.41) is 21.3. The maximum Gasteiger partial charge on any atom is 0.229 e. The van der Waals surface area contributed by atoms with Crippen molar-refractivity contribution < 1.29 is 29.2 Å². The van der Waals surface area contributed by atoms with Crippen LogP contribution in [0.3, 0.4) is 0 Å². The van der Waals surface area contributed by atoms with E-state index in [1.54, 1.807) is 0 Å². The zero-order valence-corrected chi connectivity index (χ0v) is 16.8. The Bertz CT molecular complexity index is 976. The number of rotatable bonds is 4. The van der Waals surface area contributed by atoms with Gasteiger partial charge in [0, 0.05) is 5.56 Å². The van der Waals surface area contributed by atoms with E-state index in [1.807, 2.05) is 84.9 Å². The second kappa shape index (κ2) is 8.78. The molecule has 0 saturated carbocycles. The third kappa shape index (κ3) is 4.21. The van der Waals surface area contributed by atoms with Crippen molar-refractivity contribution in [3.05, 3.63) is 90.5 Å². The minimum atomic E-state index is -1.26. The molecule has 0 spiro atoms. The van der Waals surface area contributed by atoms with Crippen molar-refractivity contribution in [2.24, 2.45) is 0 Å². The second-order valence-corrected chi connectivity index (χ2v) is 7.71. The van der Waals surface area contributed by atoms with Gasteiger partial charge in [-0.25, -0.2) is 0 Å². The lowest BCUT2D eigenvalue weighted by atomic mass is 9.98. The van der Waals surface area contributed by atoms with Crippen LogP contribution in [0.4, 0.5) is 0 Å². The highest BCUT2D eigenvalue weighted by Gasteiger charge is 2.49. The fraction of sp³-hybridized carbons (Fsp3) is 0.280. The van der Waals surface area contributed by atoms with E-state index in [4.69, 9.17) is 18.9 Å². The molecule has 6 heteroatoms. The Labute approximate surface area is 180 Å². The molecule has 3 aromatic carbocycles. The Hall–Kier alpha value is -2.74. The van der Waals surface area contributed by atoms with Crippen molar-refractivity contribution in [2.75, 3.05) is 6.61 Å². The van der Waals surface area contributed by atoms with Crippen molar-refractivity contribution in [1.82, 2.24) is 0 Å². The number of fused-ring (bicyclic) bond motifs is 1. The minimum absolute atomic E-state index is 0.223. The second-order valence-electron chi connectivity index (χ2n) is 7.71. The predicted octanol–water partition coefficient (Wildman–Crippen LogP) is 3.29. The first-order valence-electron chi connectivity index (χ1n) is 10.3. The zero-order chi connectivity index (χ0) is 21.2. The number of aliphatic hydroxyl groups excluding tert-OH is 2. The summed E-state index contributed by atoms with van der Waals surface area (Å²) in [4.78, 5) is 0. The molecule has 3 aromatic rings. The van der Waals surface area contributed by atoms with Crippen LogP contribution in [0, 0.1) is 0 Å². The normalized spacial score (nSPS) is 30.4. The van der Waals surface area contributed by atoms with E-state index in [1.165, 1.54) is 0 Å². The first-order valence-corrected chi connectivity index (χ1v) is 10.3. The van der Waals surface area contributed by atoms with Crippen LogP contribution in [-0.4, -0.2) is 47.5 Å². The summed E-state index contributed by atoms with van der Waals surface area (Å²) in [6.45, 7) is 0.223. The third-order valence-corrected chi connectivity index (χ3v) is 5.62. The molecule has 2 heterocycles. The molecule has 0 radical (unpaired) electrons. The molecule has 2 aliphatic heterocycles. The molecule has 2 N–H and O–H groups in total. The van der Waals surface area contributed by atoms with Gasteiger partial charge < -0.3 is 29.2 Å². The summed E-state index contributed by atoms with van der Waals surface area (Å²) in [5.74, 6) is 0.536. The van der Waals surface area contributed by atoms with E-state index in [9.17, 15) is 10.2 Å². The van der Waals surface area contributed by atoms with Gasteiger partial charge in [-0.1, -0.05) is 72.8 Å². The summed E-state index contributed by atoms with van der Waals surface area (Å²) in [6, 6.07) is 27.0. The molecule has 0 aliphatic carbocycles. The quantitative estimate of drug-likeness (QED) is 0.675.